The van der Waals surface area contributed by atoms with Crippen molar-refractivity contribution >= 4 is 0 Å². The predicted octanol–water partition coefficient (Wildman–Crippen LogP) is 4.37. The van der Waals surface area contributed by atoms with Crippen LogP contribution >= 0.6 is 0 Å². The van der Waals surface area contributed by atoms with E-state index in [0.717, 1.165) is 29.2 Å². The van der Waals surface area contributed by atoms with Crippen LogP contribution in [0.25, 0.3) is 16.9 Å². The van der Waals surface area contributed by atoms with Crippen LogP contribution in [0.2, 0.25) is 0 Å². The van der Waals surface area contributed by atoms with E-state index in [1.54, 1.807) is 7.11 Å². The predicted molar refractivity (Wildman–Crippen MR) is 116 cm³/mol. The molecule has 0 bridgehead atoms. The summed E-state index contributed by atoms with van der Waals surface area (Å²) in [7, 11) is 1.69. The van der Waals surface area contributed by atoms with Crippen molar-refractivity contribution < 1.29 is 10.1 Å². The van der Waals surface area contributed by atoms with Crippen LogP contribution in [0.1, 0.15) is 24.1 Å². The first-order valence-corrected chi connectivity index (χ1v) is 9.91. The number of ether oxygens (including phenoxy) is 1. The topological polar surface area (TPSA) is 43.7 Å². The van der Waals surface area contributed by atoms with E-state index in [-0.39, 0.29) is 0 Å². The fourth-order valence-electron chi connectivity index (χ4n) is 3.46. The molecule has 1 heterocycles. The van der Waals surface area contributed by atoms with Gasteiger partial charge in [-0.1, -0.05) is 48.5 Å². The molecule has 1 aromatic heterocycles. The lowest BCUT2D eigenvalue weighted by Crippen LogP contribution is -2.83. The van der Waals surface area contributed by atoms with Crippen molar-refractivity contribution in [1.82, 2.24) is 9.78 Å². The van der Waals surface area contributed by atoms with Crippen molar-refractivity contribution in [2.75, 3.05) is 7.11 Å². The number of hydrogen-bond acceptors (Lipinski definition) is 2. The fourth-order valence-corrected chi connectivity index (χ4v) is 3.46. The van der Waals surface area contributed by atoms with Crippen molar-refractivity contribution in [2.24, 2.45) is 0 Å². The van der Waals surface area contributed by atoms with Gasteiger partial charge in [0.1, 0.15) is 24.0 Å². The van der Waals surface area contributed by atoms with Crippen molar-refractivity contribution in [2.45, 2.75) is 19.5 Å². The van der Waals surface area contributed by atoms with Gasteiger partial charge >= 0.3 is 0 Å². The zero-order valence-corrected chi connectivity index (χ0v) is 16.8. The molecule has 4 heteroatoms. The second-order valence-electron chi connectivity index (χ2n) is 7.15. The molecule has 4 aromatic rings. The molecule has 0 saturated heterocycles. The number of nitrogens with zero attached hydrogens (tertiary/aromatic N) is 2. The zero-order chi connectivity index (χ0) is 20.1. The van der Waals surface area contributed by atoms with Gasteiger partial charge in [0.25, 0.3) is 0 Å². The lowest BCUT2D eigenvalue weighted by molar-refractivity contribution is -0.707. The Kier molecular flexibility index (Phi) is 5.73. The average molecular weight is 385 g/mol. The van der Waals surface area contributed by atoms with Gasteiger partial charge in [0.05, 0.1) is 18.4 Å². The van der Waals surface area contributed by atoms with Crippen LogP contribution in [-0.2, 0) is 6.54 Å². The number of hydrogen-bond donors (Lipinski definition) is 1. The van der Waals surface area contributed by atoms with Crippen LogP contribution in [0.3, 0.4) is 0 Å². The van der Waals surface area contributed by atoms with E-state index in [1.165, 1.54) is 11.1 Å². The third-order valence-corrected chi connectivity index (χ3v) is 5.19. The molecule has 4 rings (SSSR count). The molecular weight excluding hydrogens is 358 g/mol. The summed E-state index contributed by atoms with van der Waals surface area (Å²) in [6, 6.07) is 29.3. The summed E-state index contributed by atoms with van der Waals surface area (Å²) < 4.78 is 7.27. The van der Waals surface area contributed by atoms with Gasteiger partial charge in [-0.3, -0.25) is 0 Å². The summed E-state index contributed by atoms with van der Waals surface area (Å²) in [4.78, 5) is 0. The van der Waals surface area contributed by atoms with Crippen LogP contribution in [0.4, 0.5) is 0 Å². The maximum absolute atomic E-state index is 5.31. The van der Waals surface area contributed by atoms with Gasteiger partial charge in [-0.15, -0.1) is 0 Å². The minimum atomic E-state index is 0.375. The first-order chi connectivity index (χ1) is 14.2. The van der Waals surface area contributed by atoms with E-state index in [2.05, 4.69) is 73.0 Å². The quantitative estimate of drug-likeness (QED) is 0.514. The van der Waals surface area contributed by atoms with E-state index >= 15 is 0 Å². The highest BCUT2D eigenvalue weighted by Crippen LogP contribution is 2.25. The molecule has 0 amide bonds. The lowest BCUT2D eigenvalue weighted by atomic mass is 10.1. The Bertz CT molecular complexity index is 1040. The highest BCUT2D eigenvalue weighted by Gasteiger charge is 2.16. The van der Waals surface area contributed by atoms with Gasteiger partial charge in [-0.25, -0.2) is 4.68 Å². The Labute approximate surface area is 171 Å². The maximum atomic E-state index is 5.31. The third kappa shape index (κ3) is 4.39. The van der Waals surface area contributed by atoms with Crippen molar-refractivity contribution in [3.05, 3.63) is 102 Å². The molecule has 1 atom stereocenters. The van der Waals surface area contributed by atoms with Gasteiger partial charge in [0.2, 0.25) is 0 Å². The van der Waals surface area contributed by atoms with Crippen LogP contribution in [0.5, 0.6) is 5.75 Å². The maximum Gasteiger partial charge on any atom is 0.118 e. The number of aromatic nitrogens is 2. The molecule has 0 aliphatic carbocycles. The highest BCUT2D eigenvalue weighted by atomic mass is 16.5. The highest BCUT2D eigenvalue weighted by molar-refractivity contribution is 5.64. The molecule has 0 radical (unpaired) electrons. The van der Waals surface area contributed by atoms with Gasteiger partial charge in [0.15, 0.2) is 0 Å². The smallest absolute Gasteiger partial charge is 0.118 e. The molecule has 4 nitrogen and oxygen atoms in total. The molecule has 2 N–H and O–H groups in total. The van der Waals surface area contributed by atoms with Crippen molar-refractivity contribution in [3.63, 3.8) is 0 Å². The monoisotopic (exact) mass is 384 g/mol. The normalized spacial score (nSPS) is 11.9. The molecule has 0 fully saturated rings. The summed E-state index contributed by atoms with van der Waals surface area (Å²) in [5, 5.41) is 7.27. The van der Waals surface area contributed by atoms with Crippen molar-refractivity contribution in [1.29, 1.82) is 0 Å². The number of methoxy groups -OCH3 is 1. The average Bonchev–Trinajstić information content (AvgIpc) is 3.23. The molecule has 0 aliphatic rings. The van der Waals surface area contributed by atoms with E-state index in [1.807, 2.05) is 35.0 Å². The van der Waals surface area contributed by atoms with Gasteiger partial charge in [0, 0.05) is 17.3 Å². The molecule has 3 aromatic carbocycles. The minimum Gasteiger partial charge on any atom is -0.497 e. The first-order valence-electron chi connectivity index (χ1n) is 9.91. The molecule has 0 aliphatic heterocycles. The summed E-state index contributed by atoms with van der Waals surface area (Å²) in [6.45, 7) is 3.09. The molecule has 0 saturated carbocycles. The summed E-state index contributed by atoms with van der Waals surface area (Å²) in [5.41, 5.74) is 5.70. The third-order valence-electron chi connectivity index (χ3n) is 5.19. The Morgan fingerprint density at radius 1 is 0.897 bits per heavy atom. The van der Waals surface area contributed by atoms with Crippen molar-refractivity contribution in [3.8, 4) is 22.7 Å². The molecular formula is C25H26N3O+. The van der Waals surface area contributed by atoms with Gasteiger partial charge in [-0.05, 0) is 43.3 Å². The van der Waals surface area contributed by atoms with Gasteiger partial charge in [-0.2, -0.15) is 5.10 Å². The lowest BCUT2D eigenvalue weighted by Gasteiger charge is -2.11. The van der Waals surface area contributed by atoms with Crippen LogP contribution in [-0.4, -0.2) is 16.9 Å². The summed E-state index contributed by atoms with van der Waals surface area (Å²) in [6.07, 6.45) is 2.14. The van der Waals surface area contributed by atoms with E-state index in [0.29, 0.717) is 6.04 Å². The standard InChI is InChI=1S/C25H25N3O/c1-19(20-9-5-3-6-10-20)26-17-22-18-28(23-11-7-4-8-12-23)27-25(22)21-13-15-24(29-2)16-14-21/h3-16,18-19,26H,17H2,1-2H3/p+1/t19-/m0/s1. The molecule has 0 unspecified atom stereocenters. The second kappa shape index (κ2) is 8.76. The fraction of sp³-hybridized carbons (Fsp3) is 0.160. The largest absolute Gasteiger partial charge is 0.497 e. The van der Waals surface area contributed by atoms with E-state index in [4.69, 9.17) is 9.84 Å². The first kappa shape index (κ1) is 19.0. The summed E-state index contributed by atoms with van der Waals surface area (Å²) >= 11 is 0. The number of rotatable bonds is 7. The Hall–Kier alpha value is -3.37. The van der Waals surface area contributed by atoms with Crippen LogP contribution in [0, 0.1) is 0 Å². The van der Waals surface area contributed by atoms with E-state index in [9.17, 15) is 0 Å². The van der Waals surface area contributed by atoms with Gasteiger partial charge < -0.3 is 10.1 Å². The number of benzene rings is 3. The minimum absolute atomic E-state index is 0.375. The Morgan fingerprint density at radius 3 is 2.21 bits per heavy atom. The molecule has 29 heavy (non-hydrogen) atoms. The van der Waals surface area contributed by atoms with E-state index < -0.39 is 0 Å². The van der Waals surface area contributed by atoms with Crippen LogP contribution < -0.4 is 10.1 Å². The SMILES string of the molecule is COc1ccc(-c2nn(-c3ccccc3)cc2C[NH2+][C@@H](C)c2ccccc2)cc1. The number of quaternary nitrogens is 1. The second-order valence-corrected chi connectivity index (χ2v) is 7.15. The zero-order valence-electron chi connectivity index (χ0n) is 16.8. The number of nitrogens with two attached hydrogens (primary N) is 1. The molecule has 0 spiro atoms. The summed E-state index contributed by atoms with van der Waals surface area (Å²) in [5.74, 6) is 0.849. The molecule has 146 valence electrons. The Morgan fingerprint density at radius 2 is 1.55 bits per heavy atom. The Balaban J connectivity index is 1.64. The van der Waals surface area contributed by atoms with Crippen LogP contribution in [0.15, 0.2) is 91.1 Å². The number of para-hydroxylation sites is 1.